The molecule has 0 aliphatic carbocycles. The summed E-state index contributed by atoms with van der Waals surface area (Å²) < 4.78 is 5.30. The van der Waals surface area contributed by atoms with Gasteiger partial charge in [0.1, 0.15) is 0 Å². The van der Waals surface area contributed by atoms with Crippen molar-refractivity contribution in [1.82, 2.24) is 0 Å². The first-order valence-electron chi connectivity index (χ1n) is 5.58. The molecule has 0 saturated heterocycles. The zero-order valence-corrected chi connectivity index (χ0v) is 9.74. The van der Waals surface area contributed by atoms with Gasteiger partial charge in [-0.05, 0) is 11.1 Å². The molecule has 0 N–H and O–H groups in total. The van der Waals surface area contributed by atoms with Gasteiger partial charge in [-0.25, -0.2) is 4.79 Å². The van der Waals surface area contributed by atoms with Crippen LogP contribution >= 0.6 is 0 Å². The Bertz CT molecular complexity index is 513. The molecule has 2 aromatic carbocycles. The van der Waals surface area contributed by atoms with Crippen molar-refractivity contribution < 1.29 is 9.53 Å². The third kappa shape index (κ3) is 2.78. The van der Waals surface area contributed by atoms with E-state index in [1.165, 1.54) is 0 Å². The highest BCUT2D eigenvalue weighted by Crippen LogP contribution is 2.25. The van der Waals surface area contributed by atoms with Gasteiger partial charge in [0.2, 0.25) is 0 Å². The van der Waals surface area contributed by atoms with E-state index >= 15 is 0 Å². The van der Waals surface area contributed by atoms with Crippen LogP contribution in [0.15, 0.2) is 60.7 Å². The Morgan fingerprint density at radius 3 is 1.78 bits per heavy atom. The third-order valence-electron chi connectivity index (χ3n) is 2.55. The second kappa shape index (κ2) is 5.70. The van der Waals surface area contributed by atoms with Crippen molar-refractivity contribution in [3.05, 3.63) is 71.8 Å². The van der Waals surface area contributed by atoms with Crippen LogP contribution in [-0.4, -0.2) is 5.97 Å². The lowest BCUT2D eigenvalue weighted by molar-refractivity contribution is -0.140. The Balaban J connectivity index is 2.36. The zero-order valence-electron chi connectivity index (χ0n) is 9.74. The van der Waals surface area contributed by atoms with E-state index < -0.39 is 12.1 Å². The van der Waals surface area contributed by atoms with Gasteiger partial charge < -0.3 is 4.74 Å². The van der Waals surface area contributed by atoms with Crippen LogP contribution in [0.25, 0.3) is 0 Å². The Morgan fingerprint density at radius 2 is 1.39 bits per heavy atom. The second-order valence-corrected chi connectivity index (χ2v) is 3.75. The first kappa shape index (κ1) is 11.9. The zero-order chi connectivity index (χ0) is 12.8. The van der Waals surface area contributed by atoms with Gasteiger partial charge in [0.25, 0.3) is 0 Å². The molecule has 0 aromatic heterocycles. The average Bonchev–Trinajstić information content (AvgIpc) is 2.46. The van der Waals surface area contributed by atoms with E-state index in [4.69, 9.17) is 11.2 Å². The van der Waals surface area contributed by atoms with Crippen molar-refractivity contribution in [2.75, 3.05) is 0 Å². The Labute approximate surface area is 106 Å². The fourth-order valence-electron chi connectivity index (χ4n) is 1.73. The SMILES string of the molecule is C#CC(=O)OC(c1ccccc1)c1ccccc1. The lowest BCUT2D eigenvalue weighted by atomic mass is 10.0. The fourth-order valence-corrected chi connectivity index (χ4v) is 1.73. The lowest BCUT2D eigenvalue weighted by Gasteiger charge is -2.17. The summed E-state index contributed by atoms with van der Waals surface area (Å²) in [7, 11) is 0. The standard InChI is InChI=1S/C16H12O2/c1-2-15(17)18-16(13-9-5-3-6-10-13)14-11-7-4-8-12-14/h1,3-12,16H. The summed E-state index contributed by atoms with van der Waals surface area (Å²) in [4.78, 5) is 11.3. The molecular formula is C16H12O2. The van der Waals surface area contributed by atoms with Crippen LogP contribution in [0.5, 0.6) is 0 Å². The smallest absolute Gasteiger partial charge is 0.385 e. The van der Waals surface area contributed by atoms with Crippen LogP contribution in [0.2, 0.25) is 0 Å². The molecule has 0 fully saturated rings. The molecule has 0 spiro atoms. The number of carbonyl (C=O) groups excluding carboxylic acids is 1. The molecule has 0 amide bonds. The molecule has 2 heteroatoms. The quantitative estimate of drug-likeness (QED) is 0.465. The van der Waals surface area contributed by atoms with Crippen molar-refractivity contribution in [3.8, 4) is 12.3 Å². The highest BCUT2D eigenvalue weighted by molar-refractivity contribution is 5.88. The van der Waals surface area contributed by atoms with Crippen LogP contribution < -0.4 is 0 Å². The number of benzene rings is 2. The summed E-state index contributed by atoms with van der Waals surface area (Å²) in [5.74, 6) is 1.31. The van der Waals surface area contributed by atoms with E-state index in [0.29, 0.717) is 0 Å². The average molecular weight is 236 g/mol. The predicted molar refractivity (Wildman–Crippen MR) is 69.7 cm³/mol. The van der Waals surface area contributed by atoms with Gasteiger partial charge in [0.05, 0.1) is 0 Å². The highest BCUT2D eigenvalue weighted by atomic mass is 16.5. The molecule has 0 aliphatic heterocycles. The summed E-state index contributed by atoms with van der Waals surface area (Å²) in [5.41, 5.74) is 1.79. The Kier molecular flexibility index (Phi) is 3.78. The molecule has 88 valence electrons. The summed E-state index contributed by atoms with van der Waals surface area (Å²) in [5, 5.41) is 0. The van der Waals surface area contributed by atoms with Crippen LogP contribution in [0.4, 0.5) is 0 Å². The van der Waals surface area contributed by atoms with Gasteiger partial charge in [0, 0.05) is 5.92 Å². The van der Waals surface area contributed by atoms with Crippen molar-refractivity contribution >= 4 is 5.97 Å². The van der Waals surface area contributed by atoms with Crippen LogP contribution in [0.1, 0.15) is 17.2 Å². The number of carbonyl (C=O) groups is 1. The first-order chi connectivity index (χ1) is 8.81. The number of ether oxygens (including phenoxy) is 1. The van der Waals surface area contributed by atoms with E-state index in [1.807, 2.05) is 66.6 Å². The molecule has 18 heavy (non-hydrogen) atoms. The van der Waals surface area contributed by atoms with E-state index in [1.54, 1.807) is 0 Å². The predicted octanol–water partition coefficient (Wildman–Crippen LogP) is 2.95. The minimum absolute atomic E-state index is 0.462. The van der Waals surface area contributed by atoms with Crippen LogP contribution in [0.3, 0.4) is 0 Å². The third-order valence-corrected chi connectivity index (χ3v) is 2.55. The molecule has 0 bridgehead atoms. The minimum atomic E-state index is -0.660. The van der Waals surface area contributed by atoms with Crippen LogP contribution in [0, 0.1) is 12.3 Å². The van der Waals surface area contributed by atoms with E-state index in [9.17, 15) is 4.79 Å². The van der Waals surface area contributed by atoms with E-state index in [2.05, 4.69) is 0 Å². The van der Waals surface area contributed by atoms with Crippen molar-refractivity contribution in [2.24, 2.45) is 0 Å². The Hall–Kier alpha value is -2.53. The fraction of sp³-hybridized carbons (Fsp3) is 0.0625. The van der Waals surface area contributed by atoms with Crippen LogP contribution in [-0.2, 0) is 9.53 Å². The number of esters is 1. The van der Waals surface area contributed by atoms with Gasteiger partial charge >= 0.3 is 5.97 Å². The molecule has 2 aromatic rings. The molecule has 0 heterocycles. The van der Waals surface area contributed by atoms with Gasteiger partial charge in [-0.2, -0.15) is 0 Å². The topological polar surface area (TPSA) is 26.3 Å². The van der Waals surface area contributed by atoms with Crippen molar-refractivity contribution in [3.63, 3.8) is 0 Å². The number of terminal acetylenes is 1. The molecule has 0 saturated carbocycles. The Morgan fingerprint density at radius 1 is 0.944 bits per heavy atom. The maximum atomic E-state index is 11.3. The minimum Gasteiger partial charge on any atom is -0.443 e. The largest absolute Gasteiger partial charge is 0.443 e. The molecule has 0 atom stereocenters. The monoisotopic (exact) mass is 236 g/mol. The molecule has 0 aliphatic rings. The summed E-state index contributed by atoms with van der Waals surface area (Å²) in [6.07, 6.45) is 4.59. The molecule has 0 unspecified atom stereocenters. The number of hydrogen-bond donors (Lipinski definition) is 0. The van der Waals surface area contributed by atoms with E-state index in [-0.39, 0.29) is 0 Å². The van der Waals surface area contributed by atoms with Crippen molar-refractivity contribution in [1.29, 1.82) is 0 Å². The van der Waals surface area contributed by atoms with Gasteiger partial charge in [-0.1, -0.05) is 60.7 Å². The van der Waals surface area contributed by atoms with Gasteiger partial charge in [-0.3, -0.25) is 0 Å². The summed E-state index contributed by atoms with van der Waals surface area (Å²) in [6, 6.07) is 19.0. The lowest BCUT2D eigenvalue weighted by Crippen LogP contribution is -2.10. The molecule has 0 radical (unpaired) electrons. The normalized spacial score (nSPS) is 9.78. The summed E-state index contributed by atoms with van der Waals surface area (Å²) >= 11 is 0. The molecular weight excluding hydrogens is 224 g/mol. The second-order valence-electron chi connectivity index (χ2n) is 3.75. The molecule has 2 nitrogen and oxygen atoms in total. The first-order valence-corrected chi connectivity index (χ1v) is 5.58. The number of hydrogen-bond acceptors (Lipinski definition) is 2. The van der Waals surface area contributed by atoms with E-state index in [0.717, 1.165) is 11.1 Å². The van der Waals surface area contributed by atoms with Gasteiger partial charge in [-0.15, -0.1) is 6.42 Å². The van der Waals surface area contributed by atoms with Crippen molar-refractivity contribution in [2.45, 2.75) is 6.10 Å². The summed E-state index contributed by atoms with van der Waals surface area (Å²) in [6.45, 7) is 0. The highest BCUT2D eigenvalue weighted by Gasteiger charge is 2.17. The molecule has 2 rings (SSSR count). The number of rotatable bonds is 3. The maximum Gasteiger partial charge on any atom is 0.385 e. The van der Waals surface area contributed by atoms with Gasteiger partial charge in [0.15, 0.2) is 6.10 Å². The maximum absolute atomic E-state index is 11.3.